The van der Waals surface area contributed by atoms with Crippen molar-refractivity contribution >= 4 is 40.9 Å². The Morgan fingerprint density at radius 1 is 1.05 bits per heavy atom. The Kier molecular flexibility index (Phi) is 6.43. The molecule has 2 aromatic rings. The van der Waals surface area contributed by atoms with Crippen LogP contribution in [-0.2, 0) is 5.75 Å². The summed E-state index contributed by atoms with van der Waals surface area (Å²) in [4.78, 5) is 11.9. The van der Waals surface area contributed by atoms with E-state index >= 15 is 0 Å². The number of nitrogens with one attached hydrogen (secondary N) is 1. The number of benzene rings is 2. The fourth-order valence-electron chi connectivity index (χ4n) is 1.74. The summed E-state index contributed by atoms with van der Waals surface area (Å²) in [5.41, 5.74) is 1.74. The Hall–Kier alpha value is -1.16. The Bertz CT molecular complexity index is 601. The van der Waals surface area contributed by atoms with Crippen LogP contribution in [-0.4, -0.2) is 18.2 Å². The van der Waals surface area contributed by atoms with E-state index < -0.39 is 0 Å². The molecular weight excluding hydrogens is 325 g/mol. The topological polar surface area (TPSA) is 29.1 Å². The number of carbonyl (C=O) groups excluding carboxylic acids is 1. The van der Waals surface area contributed by atoms with Crippen molar-refractivity contribution in [2.45, 2.75) is 5.75 Å². The van der Waals surface area contributed by atoms with Gasteiger partial charge in [0.15, 0.2) is 0 Å². The van der Waals surface area contributed by atoms with Crippen molar-refractivity contribution < 1.29 is 4.79 Å². The van der Waals surface area contributed by atoms with Gasteiger partial charge >= 0.3 is 0 Å². The molecule has 0 unspecified atom stereocenters. The fourth-order valence-corrected chi connectivity index (χ4v) is 3.01. The zero-order chi connectivity index (χ0) is 15.1. The molecule has 0 aliphatic rings. The lowest BCUT2D eigenvalue weighted by atomic mass is 10.2. The lowest BCUT2D eigenvalue weighted by Gasteiger charge is -2.06. The number of hydrogen-bond acceptors (Lipinski definition) is 2. The van der Waals surface area contributed by atoms with Gasteiger partial charge in [-0.1, -0.05) is 41.4 Å². The first-order chi connectivity index (χ1) is 10.2. The molecule has 0 heterocycles. The molecule has 0 radical (unpaired) electrons. The Balaban J connectivity index is 1.69. The molecule has 0 saturated carbocycles. The number of rotatable bonds is 6. The summed E-state index contributed by atoms with van der Waals surface area (Å²) in [6, 6.07) is 14.7. The molecule has 2 rings (SSSR count). The smallest absolute Gasteiger partial charge is 0.251 e. The third-order valence-corrected chi connectivity index (χ3v) is 4.48. The van der Waals surface area contributed by atoms with E-state index in [1.54, 1.807) is 36.0 Å². The molecule has 5 heteroatoms. The first-order valence-electron chi connectivity index (χ1n) is 6.52. The van der Waals surface area contributed by atoms with Gasteiger partial charge < -0.3 is 5.32 Å². The van der Waals surface area contributed by atoms with Gasteiger partial charge in [-0.2, -0.15) is 11.8 Å². The number of hydrogen-bond donors (Lipinski definition) is 1. The lowest BCUT2D eigenvalue weighted by Crippen LogP contribution is -2.25. The highest BCUT2D eigenvalue weighted by Gasteiger charge is 2.04. The van der Waals surface area contributed by atoms with E-state index in [4.69, 9.17) is 23.2 Å². The average Bonchev–Trinajstić information content (AvgIpc) is 2.49. The number of amides is 1. The molecule has 2 nitrogen and oxygen atoms in total. The normalized spacial score (nSPS) is 10.4. The molecule has 110 valence electrons. The Morgan fingerprint density at radius 3 is 2.48 bits per heavy atom. The molecule has 0 fully saturated rings. The number of halogens is 2. The summed E-state index contributed by atoms with van der Waals surface area (Å²) >= 11 is 13.6. The van der Waals surface area contributed by atoms with E-state index in [1.165, 1.54) is 0 Å². The van der Waals surface area contributed by atoms with Crippen molar-refractivity contribution in [2.75, 3.05) is 12.3 Å². The maximum Gasteiger partial charge on any atom is 0.251 e. The molecule has 0 saturated heterocycles. The van der Waals surface area contributed by atoms with Crippen molar-refractivity contribution in [3.05, 3.63) is 69.7 Å². The SMILES string of the molecule is O=C(NCCSCc1ccccc1Cl)c1ccc(Cl)cc1. The molecule has 0 spiro atoms. The minimum atomic E-state index is -0.0787. The minimum Gasteiger partial charge on any atom is -0.351 e. The largest absolute Gasteiger partial charge is 0.351 e. The highest BCUT2D eigenvalue weighted by molar-refractivity contribution is 7.98. The summed E-state index contributed by atoms with van der Waals surface area (Å²) in [7, 11) is 0. The van der Waals surface area contributed by atoms with Crippen LogP contribution in [0.3, 0.4) is 0 Å². The molecular formula is C16H15Cl2NOS. The zero-order valence-corrected chi connectivity index (χ0v) is 13.6. The molecule has 0 aliphatic heterocycles. The van der Waals surface area contributed by atoms with Crippen LogP contribution in [0.15, 0.2) is 48.5 Å². The van der Waals surface area contributed by atoms with Crippen molar-refractivity contribution in [1.82, 2.24) is 5.32 Å². The van der Waals surface area contributed by atoms with Crippen LogP contribution >= 0.6 is 35.0 Å². The summed E-state index contributed by atoms with van der Waals surface area (Å²) in [6.45, 7) is 0.622. The van der Waals surface area contributed by atoms with Crippen molar-refractivity contribution in [3.63, 3.8) is 0 Å². The highest BCUT2D eigenvalue weighted by atomic mass is 35.5. The van der Waals surface area contributed by atoms with Crippen molar-refractivity contribution in [2.24, 2.45) is 0 Å². The standard InChI is InChI=1S/C16H15Cl2NOS/c17-14-7-5-12(6-8-14)16(20)19-9-10-21-11-13-3-1-2-4-15(13)18/h1-8H,9-11H2,(H,19,20). The van der Waals surface area contributed by atoms with E-state index in [0.717, 1.165) is 22.1 Å². The Morgan fingerprint density at radius 2 is 1.76 bits per heavy atom. The van der Waals surface area contributed by atoms with Crippen LogP contribution in [0.25, 0.3) is 0 Å². The molecule has 0 atom stereocenters. The van der Waals surface area contributed by atoms with Crippen LogP contribution in [0.5, 0.6) is 0 Å². The predicted molar refractivity (Wildman–Crippen MR) is 91.4 cm³/mol. The van der Waals surface area contributed by atoms with Gasteiger partial charge in [0.05, 0.1) is 0 Å². The van der Waals surface area contributed by atoms with Gasteiger partial charge in [-0.15, -0.1) is 0 Å². The second-order valence-electron chi connectivity index (χ2n) is 4.41. The van der Waals surface area contributed by atoms with E-state index in [-0.39, 0.29) is 5.91 Å². The maximum absolute atomic E-state index is 11.9. The van der Waals surface area contributed by atoms with Gasteiger partial charge in [-0.3, -0.25) is 4.79 Å². The first-order valence-corrected chi connectivity index (χ1v) is 8.43. The first kappa shape index (κ1) is 16.2. The van der Waals surface area contributed by atoms with Gasteiger partial charge in [0, 0.05) is 33.7 Å². The quantitative estimate of drug-likeness (QED) is 0.775. The third kappa shape index (κ3) is 5.27. The molecule has 0 aromatic heterocycles. The van der Waals surface area contributed by atoms with Crippen LogP contribution in [0, 0.1) is 0 Å². The second-order valence-corrected chi connectivity index (χ2v) is 6.36. The maximum atomic E-state index is 11.9. The van der Waals surface area contributed by atoms with E-state index in [0.29, 0.717) is 17.1 Å². The summed E-state index contributed by atoms with van der Waals surface area (Å²) in [5, 5.41) is 4.30. The molecule has 1 N–H and O–H groups in total. The Labute approximate surface area is 138 Å². The summed E-state index contributed by atoms with van der Waals surface area (Å²) < 4.78 is 0. The minimum absolute atomic E-state index is 0.0787. The lowest BCUT2D eigenvalue weighted by molar-refractivity contribution is 0.0956. The average molecular weight is 340 g/mol. The molecule has 0 bridgehead atoms. The van der Waals surface area contributed by atoms with Crippen molar-refractivity contribution in [1.29, 1.82) is 0 Å². The third-order valence-electron chi connectivity index (χ3n) is 2.85. The highest BCUT2D eigenvalue weighted by Crippen LogP contribution is 2.20. The number of thioether (sulfide) groups is 1. The van der Waals surface area contributed by atoms with Gasteiger partial charge in [-0.05, 0) is 35.9 Å². The summed E-state index contributed by atoms with van der Waals surface area (Å²) in [6.07, 6.45) is 0. The summed E-state index contributed by atoms with van der Waals surface area (Å²) in [5.74, 6) is 1.60. The van der Waals surface area contributed by atoms with Gasteiger partial charge in [0.25, 0.3) is 5.91 Å². The van der Waals surface area contributed by atoms with Gasteiger partial charge in [0.2, 0.25) is 0 Å². The molecule has 1 amide bonds. The zero-order valence-electron chi connectivity index (χ0n) is 11.3. The predicted octanol–water partition coefficient (Wildman–Crippen LogP) is 4.66. The monoisotopic (exact) mass is 339 g/mol. The van der Waals surface area contributed by atoms with Gasteiger partial charge in [0.1, 0.15) is 0 Å². The second kappa shape index (κ2) is 8.32. The van der Waals surface area contributed by atoms with Crippen LogP contribution in [0.4, 0.5) is 0 Å². The number of carbonyl (C=O) groups is 1. The van der Waals surface area contributed by atoms with Crippen LogP contribution < -0.4 is 5.32 Å². The fraction of sp³-hybridized carbons (Fsp3) is 0.188. The van der Waals surface area contributed by atoms with E-state index in [2.05, 4.69) is 5.32 Å². The van der Waals surface area contributed by atoms with E-state index in [9.17, 15) is 4.79 Å². The van der Waals surface area contributed by atoms with Crippen molar-refractivity contribution in [3.8, 4) is 0 Å². The van der Waals surface area contributed by atoms with Crippen LogP contribution in [0.2, 0.25) is 10.0 Å². The van der Waals surface area contributed by atoms with E-state index in [1.807, 2.05) is 24.3 Å². The molecule has 0 aliphatic carbocycles. The van der Waals surface area contributed by atoms with Gasteiger partial charge in [-0.25, -0.2) is 0 Å². The van der Waals surface area contributed by atoms with Crippen LogP contribution in [0.1, 0.15) is 15.9 Å². The molecule has 2 aromatic carbocycles. The molecule has 21 heavy (non-hydrogen) atoms.